The summed E-state index contributed by atoms with van der Waals surface area (Å²) in [4.78, 5) is 0. The Morgan fingerprint density at radius 1 is 1.22 bits per heavy atom. The van der Waals surface area contributed by atoms with Crippen LogP contribution in [0, 0.1) is 5.92 Å². The molecule has 1 aromatic rings. The molecular weight excluding hydrogens is 225 g/mol. The van der Waals surface area contributed by atoms with Gasteiger partial charge in [0.1, 0.15) is 11.9 Å². The number of hydrogen-bond donors (Lipinski definition) is 2. The Hall–Kier alpha value is -1.52. The zero-order chi connectivity index (χ0) is 12.5. The van der Waals surface area contributed by atoms with Crippen LogP contribution in [0.25, 0.3) is 0 Å². The maximum atomic E-state index is 9.63. The van der Waals surface area contributed by atoms with Crippen molar-refractivity contribution in [1.82, 2.24) is 5.32 Å². The van der Waals surface area contributed by atoms with E-state index in [0.717, 1.165) is 11.3 Å². The van der Waals surface area contributed by atoms with Crippen molar-refractivity contribution in [2.75, 3.05) is 0 Å². The van der Waals surface area contributed by atoms with Crippen LogP contribution < -0.4 is 10.1 Å². The Morgan fingerprint density at radius 3 is 2.83 bits per heavy atom. The molecule has 0 fully saturated rings. The van der Waals surface area contributed by atoms with Gasteiger partial charge in [0.2, 0.25) is 0 Å². The molecule has 0 radical (unpaired) electrons. The fraction of sp³-hybridized carbons (Fsp3) is 0.286. The molecule has 1 aromatic carbocycles. The van der Waals surface area contributed by atoms with Crippen LogP contribution in [-0.2, 0) is 0 Å². The van der Waals surface area contributed by atoms with Crippen molar-refractivity contribution in [2.24, 2.45) is 5.92 Å². The highest BCUT2D eigenvalue weighted by molar-refractivity contribution is 6.10. The molecule has 1 aliphatic carbocycles. The van der Waals surface area contributed by atoms with E-state index in [0.29, 0.717) is 0 Å². The minimum Gasteiger partial charge on any atom is -0.485 e. The number of fused-ring (bicyclic) bond motifs is 2. The van der Waals surface area contributed by atoms with Gasteiger partial charge in [-0.15, -0.1) is 0 Å². The van der Waals surface area contributed by atoms with E-state index in [1.165, 1.54) is 0 Å². The lowest BCUT2D eigenvalue weighted by Gasteiger charge is -2.39. The standard InChI is InChI=1S/C14H16BNO2/c15-14(17)16-13-9-5-1-3-7-11(9)18-12-8-4-2-6-10(12)13/h1-9,11,13-14,16-17H,15H2/t9?,11?,13?,14-/m1/s1. The van der Waals surface area contributed by atoms with Crippen LogP contribution in [-0.4, -0.2) is 25.2 Å². The number of allylic oxidation sites excluding steroid dienone is 2. The summed E-state index contributed by atoms with van der Waals surface area (Å²) < 4.78 is 5.99. The highest BCUT2D eigenvalue weighted by atomic mass is 16.5. The Bertz CT molecular complexity index is 498. The summed E-state index contributed by atoms with van der Waals surface area (Å²) in [6.07, 6.45) is 7.75. The van der Waals surface area contributed by atoms with Crippen LogP contribution in [0.5, 0.6) is 5.75 Å². The van der Waals surface area contributed by atoms with Crippen molar-refractivity contribution in [3.63, 3.8) is 0 Å². The normalized spacial score (nSPS) is 30.2. The number of ether oxygens (including phenoxy) is 1. The Balaban J connectivity index is 2.01. The first-order valence-corrected chi connectivity index (χ1v) is 6.30. The lowest BCUT2D eigenvalue weighted by atomic mass is 9.82. The number of nitrogens with one attached hydrogen (secondary N) is 1. The van der Waals surface area contributed by atoms with Crippen molar-refractivity contribution in [3.05, 3.63) is 54.1 Å². The third-order valence-electron chi connectivity index (χ3n) is 3.45. The minimum atomic E-state index is -0.541. The molecule has 92 valence electrons. The molecule has 1 heterocycles. The van der Waals surface area contributed by atoms with Gasteiger partial charge in [-0.05, 0) is 12.1 Å². The summed E-state index contributed by atoms with van der Waals surface area (Å²) in [7, 11) is 1.75. The molecule has 3 nitrogen and oxygen atoms in total. The van der Waals surface area contributed by atoms with Crippen LogP contribution in [0.1, 0.15) is 11.6 Å². The number of rotatable bonds is 2. The van der Waals surface area contributed by atoms with Crippen molar-refractivity contribution in [3.8, 4) is 5.75 Å². The molecular formula is C14H16BNO2. The zero-order valence-corrected chi connectivity index (χ0v) is 10.3. The van der Waals surface area contributed by atoms with Crippen molar-refractivity contribution in [1.29, 1.82) is 0 Å². The smallest absolute Gasteiger partial charge is 0.157 e. The number of hydrogen-bond acceptors (Lipinski definition) is 3. The van der Waals surface area contributed by atoms with E-state index < -0.39 is 6.13 Å². The van der Waals surface area contributed by atoms with Crippen LogP contribution >= 0.6 is 0 Å². The van der Waals surface area contributed by atoms with E-state index in [-0.39, 0.29) is 18.1 Å². The van der Waals surface area contributed by atoms with E-state index in [9.17, 15) is 5.11 Å². The molecule has 2 N–H and O–H groups in total. The number of aliphatic hydroxyl groups excluding tert-OH is 1. The van der Waals surface area contributed by atoms with Gasteiger partial charge in [0.15, 0.2) is 7.85 Å². The third-order valence-corrected chi connectivity index (χ3v) is 3.45. The Kier molecular flexibility index (Phi) is 2.98. The van der Waals surface area contributed by atoms with Crippen molar-refractivity contribution >= 4 is 7.85 Å². The molecule has 0 spiro atoms. The van der Waals surface area contributed by atoms with E-state index >= 15 is 0 Å². The Labute approximate surface area is 108 Å². The first kappa shape index (κ1) is 11.6. The van der Waals surface area contributed by atoms with Gasteiger partial charge in [-0.1, -0.05) is 36.4 Å². The highest BCUT2D eigenvalue weighted by Crippen LogP contribution is 2.40. The number of para-hydroxylation sites is 1. The summed E-state index contributed by atoms with van der Waals surface area (Å²) in [6.45, 7) is 0. The lowest BCUT2D eigenvalue weighted by Crippen LogP contribution is -2.44. The molecule has 3 unspecified atom stereocenters. The van der Waals surface area contributed by atoms with Gasteiger partial charge in [0.25, 0.3) is 0 Å². The van der Waals surface area contributed by atoms with Crippen molar-refractivity contribution in [2.45, 2.75) is 18.3 Å². The maximum Gasteiger partial charge on any atom is 0.157 e. The summed E-state index contributed by atoms with van der Waals surface area (Å²) in [5.74, 6) is 1.12. The molecule has 3 rings (SSSR count). The summed E-state index contributed by atoms with van der Waals surface area (Å²) in [5.41, 5.74) is 1.11. The summed E-state index contributed by atoms with van der Waals surface area (Å²) in [6, 6.07) is 8.09. The van der Waals surface area contributed by atoms with Gasteiger partial charge >= 0.3 is 0 Å². The molecule has 0 saturated heterocycles. The van der Waals surface area contributed by atoms with Gasteiger partial charge in [-0.2, -0.15) is 0 Å². The predicted molar refractivity (Wildman–Crippen MR) is 73.1 cm³/mol. The molecule has 4 heteroatoms. The number of benzene rings is 1. The third kappa shape index (κ3) is 1.98. The van der Waals surface area contributed by atoms with E-state index in [1.807, 2.05) is 30.4 Å². The molecule has 1 aliphatic heterocycles. The fourth-order valence-corrected chi connectivity index (χ4v) is 2.68. The van der Waals surface area contributed by atoms with Gasteiger partial charge < -0.3 is 9.84 Å². The second kappa shape index (κ2) is 4.63. The van der Waals surface area contributed by atoms with Gasteiger partial charge in [-0.25, -0.2) is 0 Å². The average molecular weight is 241 g/mol. The fourth-order valence-electron chi connectivity index (χ4n) is 2.68. The second-order valence-corrected chi connectivity index (χ2v) is 4.79. The predicted octanol–water partition coefficient (Wildman–Crippen LogP) is 0.729. The number of aliphatic hydroxyl groups is 1. The highest BCUT2D eigenvalue weighted by Gasteiger charge is 2.36. The molecule has 4 atom stereocenters. The summed E-state index contributed by atoms with van der Waals surface area (Å²) in [5, 5.41) is 12.9. The monoisotopic (exact) mass is 241 g/mol. The van der Waals surface area contributed by atoms with Crippen molar-refractivity contribution < 1.29 is 9.84 Å². The first-order chi connectivity index (χ1) is 8.75. The van der Waals surface area contributed by atoms with Crippen LogP contribution in [0.4, 0.5) is 0 Å². The molecule has 0 saturated carbocycles. The largest absolute Gasteiger partial charge is 0.485 e. The van der Waals surface area contributed by atoms with Gasteiger partial charge in [-0.3, -0.25) is 5.32 Å². The van der Waals surface area contributed by atoms with Crippen LogP contribution in [0.2, 0.25) is 0 Å². The minimum absolute atomic E-state index is 0.0427. The van der Waals surface area contributed by atoms with Crippen LogP contribution in [0.15, 0.2) is 48.6 Å². The quantitative estimate of drug-likeness (QED) is 0.592. The van der Waals surface area contributed by atoms with E-state index in [4.69, 9.17) is 4.74 Å². The zero-order valence-electron chi connectivity index (χ0n) is 10.3. The topological polar surface area (TPSA) is 41.5 Å². The lowest BCUT2D eigenvalue weighted by molar-refractivity contribution is 0.114. The molecule has 0 aromatic heterocycles. The molecule has 0 amide bonds. The Morgan fingerprint density at radius 2 is 2.00 bits per heavy atom. The average Bonchev–Trinajstić information content (AvgIpc) is 2.38. The SMILES string of the molecule is B[C@@H](O)NC1c2ccccc2OC2C=CC=CC21. The van der Waals surface area contributed by atoms with Gasteiger partial charge in [0.05, 0.1) is 6.13 Å². The molecule has 0 bridgehead atoms. The maximum absolute atomic E-state index is 9.63. The van der Waals surface area contributed by atoms with E-state index in [1.54, 1.807) is 7.85 Å². The molecule has 2 aliphatic rings. The second-order valence-electron chi connectivity index (χ2n) is 4.79. The summed E-state index contributed by atoms with van der Waals surface area (Å²) >= 11 is 0. The van der Waals surface area contributed by atoms with Gasteiger partial charge in [0, 0.05) is 17.5 Å². The molecule has 18 heavy (non-hydrogen) atoms. The first-order valence-electron chi connectivity index (χ1n) is 6.30. The van der Waals surface area contributed by atoms with Crippen LogP contribution in [0.3, 0.4) is 0 Å². The van der Waals surface area contributed by atoms with E-state index in [2.05, 4.69) is 23.5 Å².